The summed E-state index contributed by atoms with van der Waals surface area (Å²) in [7, 11) is 0. The number of nitrogens with two attached hydrogens (primary N) is 1. The van der Waals surface area contributed by atoms with Crippen molar-refractivity contribution in [1.29, 1.82) is 0 Å². The first-order valence-electron chi connectivity index (χ1n) is 2.79. The molecule has 0 aromatic heterocycles. The fourth-order valence-electron chi connectivity index (χ4n) is 0.626. The van der Waals surface area contributed by atoms with Crippen LogP contribution in [-0.4, -0.2) is 11.1 Å². The van der Waals surface area contributed by atoms with Crippen LogP contribution in [0.4, 0.5) is 5.69 Å². The fourth-order valence-corrected chi connectivity index (χ4v) is 0.626. The number of hydrogen-bond acceptors (Lipinski definition) is 2. The number of hydrogen-bond donors (Lipinski definition) is 2. The molecule has 11 heavy (non-hydrogen) atoms. The van der Waals surface area contributed by atoms with Gasteiger partial charge in [-0.05, 0) is 24.3 Å². The van der Waals surface area contributed by atoms with E-state index in [2.05, 4.69) is 0 Å². The molecule has 1 aromatic rings. The number of rotatable bonds is 1. The van der Waals surface area contributed by atoms with Crippen LogP contribution in [-0.2, 0) is 16.8 Å². The predicted octanol–water partition coefficient (Wildman–Crippen LogP) is 0.965. The summed E-state index contributed by atoms with van der Waals surface area (Å²) in [6, 6.07) is 6.06. The Balaban J connectivity index is 0.000001000. The third kappa shape index (κ3) is 2.61. The van der Waals surface area contributed by atoms with Gasteiger partial charge in [0.1, 0.15) is 0 Å². The Morgan fingerprint density at radius 1 is 1.27 bits per heavy atom. The Morgan fingerprint density at radius 3 is 2.09 bits per heavy atom. The van der Waals surface area contributed by atoms with Gasteiger partial charge < -0.3 is 10.8 Å². The van der Waals surface area contributed by atoms with Gasteiger partial charge in [0.2, 0.25) is 0 Å². The van der Waals surface area contributed by atoms with Gasteiger partial charge in [0.15, 0.2) is 0 Å². The molecule has 0 saturated heterocycles. The monoisotopic (exact) mass is 196 g/mol. The topological polar surface area (TPSA) is 63.3 Å². The van der Waals surface area contributed by atoms with Crippen LogP contribution in [0, 0.1) is 0 Å². The number of anilines is 1. The number of carboxylic acids is 1. The molecule has 0 bridgehead atoms. The maximum Gasteiger partial charge on any atom is 0.335 e. The summed E-state index contributed by atoms with van der Waals surface area (Å²) >= 11 is 0. The van der Waals surface area contributed by atoms with Gasteiger partial charge in [-0.25, -0.2) is 4.79 Å². The maximum absolute atomic E-state index is 10.3. The summed E-state index contributed by atoms with van der Waals surface area (Å²) in [5, 5.41) is 8.43. The molecule has 3 N–H and O–H groups in total. The van der Waals surface area contributed by atoms with Gasteiger partial charge in [-0.3, -0.25) is 0 Å². The zero-order chi connectivity index (χ0) is 7.56. The number of benzene rings is 1. The Hall–Kier alpha value is -1.00. The zero-order valence-corrected chi connectivity index (χ0v) is 6.62. The van der Waals surface area contributed by atoms with Gasteiger partial charge >= 0.3 is 5.97 Å². The second-order valence-electron chi connectivity index (χ2n) is 1.93. The molecule has 0 amide bonds. The Morgan fingerprint density at radius 2 is 1.73 bits per heavy atom. The van der Waals surface area contributed by atoms with E-state index in [9.17, 15) is 4.79 Å². The first-order chi connectivity index (χ1) is 4.70. The SMILES string of the molecule is Nc1ccc(C(=O)O)cc1.[Co]. The maximum atomic E-state index is 10.3. The van der Waals surface area contributed by atoms with Crippen LogP contribution in [0.2, 0.25) is 0 Å². The van der Waals surface area contributed by atoms with Gasteiger partial charge in [-0.1, -0.05) is 0 Å². The Labute approximate surface area is 74.4 Å². The summed E-state index contributed by atoms with van der Waals surface area (Å²) in [5.41, 5.74) is 6.17. The van der Waals surface area contributed by atoms with Gasteiger partial charge in [0, 0.05) is 22.5 Å². The summed E-state index contributed by atoms with van der Waals surface area (Å²) < 4.78 is 0. The summed E-state index contributed by atoms with van der Waals surface area (Å²) in [4.78, 5) is 10.3. The molecule has 0 aliphatic carbocycles. The molecule has 0 fully saturated rings. The van der Waals surface area contributed by atoms with Gasteiger partial charge in [0.05, 0.1) is 5.56 Å². The van der Waals surface area contributed by atoms with E-state index >= 15 is 0 Å². The fraction of sp³-hybridized carbons (Fsp3) is 0. The molecule has 61 valence electrons. The average Bonchev–Trinajstić information content (AvgIpc) is 1.88. The average molecular weight is 196 g/mol. The third-order valence-corrected chi connectivity index (χ3v) is 1.16. The molecule has 3 nitrogen and oxygen atoms in total. The number of nitrogen functional groups attached to an aromatic ring is 1. The number of carbonyl (C=O) groups is 1. The van der Waals surface area contributed by atoms with Crippen LogP contribution in [0.15, 0.2) is 24.3 Å². The smallest absolute Gasteiger partial charge is 0.335 e. The second-order valence-corrected chi connectivity index (χ2v) is 1.93. The molecule has 1 rings (SSSR count). The van der Waals surface area contributed by atoms with Crippen LogP contribution >= 0.6 is 0 Å². The van der Waals surface area contributed by atoms with Crippen LogP contribution in [0.1, 0.15) is 10.4 Å². The molecular formula is C7H7CoNO2. The van der Waals surface area contributed by atoms with Crippen LogP contribution in [0.3, 0.4) is 0 Å². The Kier molecular flexibility index (Phi) is 3.63. The number of carboxylic acid groups (broad SMARTS) is 1. The third-order valence-electron chi connectivity index (χ3n) is 1.16. The minimum atomic E-state index is -0.931. The standard InChI is InChI=1S/C7H7NO2.Co/c8-6-3-1-5(2-4-6)7(9)10;/h1-4H,8H2,(H,9,10);. The van der Waals surface area contributed by atoms with E-state index in [0.29, 0.717) is 5.69 Å². The van der Waals surface area contributed by atoms with Crippen molar-refractivity contribution in [2.75, 3.05) is 5.73 Å². The van der Waals surface area contributed by atoms with Crippen molar-refractivity contribution < 1.29 is 26.7 Å². The molecule has 1 aromatic carbocycles. The normalized spacial score (nSPS) is 8.36. The molecule has 0 aliphatic rings. The quantitative estimate of drug-likeness (QED) is 0.657. The van der Waals surface area contributed by atoms with Crippen LogP contribution in [0.25, 0.3) is 0 Å². The van der Waals surface area contributed by atoms with E-state index in [1.165, 1.54) is 12.1 Å². The molecule has 0 heterocycles. The van der Waals surface area contributed by atoms with Crippen LogP contribution < -0.4 is 5.73 Å². The minimum Gasteiger partial charge on any atom is -0.478 e. The summed E-state index contributed by atoms with van der Waals surface area (Å²) in [5.74, 6) is -0.931. The first-order valence-corrected chi connectivity index (χ1v) is 2.79. The van der Waals surface area contributed by atoms with Crippen molar-refractivity contribution in [3.63, 3.8) is 0 Å². The minimum absolute atomic E-state index is 0. The van der Waals surface area contributed by atoms with E-state index in [4.69, 9.17) is 10.8 Å². The van der Waals surface area contributed by atoms with Crippen LogP contribution in [0.5, 0.6) is 0 Å². The largest absolute Gasteiger partial charge is 0.478 e. The van der Waals surface area contributed by atoms with Gasteiger partial charge in [-0.15, -0.1) is 0 Å². The van der Waals surface area contributed by atoms with Crippen molar-refractivity contribution in [3.05, 3.63) is 29.8 Å². The van der Waals surface area contributed by atoms with Crippen molar-refractivity contribution in [2.24, 2.45) is 0 Å². The second kappa shape index (κ2) is 4.00. The van der Waals surface area contributed by atoms with E-state index in [0.717, 1.165) is 0 Å². The van der Waals surface area contributed by atoms with Crippen molar-refractivity contribution in [2.45, 2.75) is 0 Å². The molecule has 4 heteroatoms. The number of aromatic carboxylic acids is 1. The van der Waals surface area contributed by atoms with E-state index < -0.39 is 5.97 Å². The first kappa shape index (κ1) is 10.00. The summed E-state index contributed by atoms with van der Waals surface area (Å²) in [6.07, 6.45) is 0. The van der Waals surface area contributed by atoms with Crippen molar-refractivity contribution in [3.8, 4) is 0 Å². The van der Waals surface area contributed by atoms with Crippen molar-refractivity contribution in [1.82, 2.24) is 0 Å². The molecule has 0 unspecified atom stereocenters. The molecular weight excluding hydrogens is 189 g/mol. The van der Waals surface area contributed by atoms with Gasteiger partial charge in [-0.2, -0.15) is 0 Å². The molecule has 1 radical (unpaired) electrons. The van der Waals surface area contributed by atoms with Crippen molar-refractivity contribution >= 4 is 11.7 Å². The van der Waals surface area contributed by atoms with E-state index in [1.807, 2.05) is 0 Å². The molecule has 0 atom stereocenters. The molecule has 0 saturated carbocycles. The van der Waals surface area contributed by atoms with E-state index in [-0.39, 0.29) is 22.3 Å². The Bertz CT molecular complexity index is 245. The van der Waals surface area contributed by atoms with Gasteiger partial charge in [0.25, 0.3) is 0 Å². The van der Waals surface area contributed by atoms with E-state index in [1.54, 1.807) is 12.1 Å². The molecule has 0 aliphatic heterocycles. The summed E-state index contributed by atoms with van der Waals surface area (Å²) in [6.45, 7) is 0. The zero-order valence-electron chi connectivity index (χ0n) is 5.58. The predicted molar refractivity (Wildman–Crippen MR) is 37.8 cm³/mol. The molecule has 0 spiro atoms.